The Morgan fingerprint density at radius 1 is 0.565 bits per heavy atom. The first-order valence-electron chi connectivity index (χ1n) is 10.6. The van der Waals surface area contributed by atoms with Crippen LogP contribution in [0, 0.1) is 23.7 Å². The third-order valence-electron chi connectivity index (χ3n) is 5.33. The fraction of sp³-hybridized carbons (Fsp3) is 0.913. The Kier molecular flexibility index (Phi) is 15.1. The number of hydrogen-bond donors (Lipinski definition) is 0. The van der Waals surface area contributed by atoms with Crippen molar-refractivity contribution in [3.8, 4) is 0 Å². The molecule has 0 radical (unpaired) electrons. The standard InChI is InChI=1S/C23H46/c1-7-8-9-14-21(4)16-11-18-23(6)19-12-17-22(5)15-10-13-20(2)3/h7-8,20-23H,9-19H2,1-6H3/b8-7+. The molecule has 0 aliphatic carbocycles. The van der Waals surface area contributed by atoms with Crippen molar-refractivity contribution in [3.05, 3.63) is 12.2 Å². The lowest BCUT2D eigenvalue weighted by molar-refractivity contribution is 0.375. The molecular weight excluding hydrogens is 276 g/mol. The fourth-order valence-electron chi connectivity index (χ4n) is 3.48. The average molecular weight is 323 g/mol. The van der Waals surface area contributed by atoms with E-state index in [0.717, 1.165) is 23.7 Å². The van der Waals surface area contributed by atoms with Gasteiger partial charge in [0, 0.05) is 0 Å². The molecule has 0 saturated carbocycles. The molecule has 138 valence electrons. The van der Waals surface area contributed by atoms with Crippen LogP contribution >= 0.6 is 0 Å². The zero-order chi connectivity index (χ0) is 17.5. The molecule has 0 amide bonds. The van der Waals surface area contributed by atoms with Gasteiger partial charge in [-0.05, 0) is 43.4 Å². The molecule has 0 rings (SSSR count). The van der Waals surface area contributed by atoms with Crippen LogP contribution in [0.5, 0.6) is 0 Å². The van der Waals surface area contributed by atoms with Crippen LogP contribution in [0.1, 0.15) is 112 Å². The van der Waals surface area contributed by atoms with Gasteiger partial charge in [-0.2, -0.15) is 0 Å². The topological polar surface area (TPSA) is 0 Å². The third-order valence-corrected chi connectivity index (χ3v) is 5.33. The van der Waals surface area contributed by atoms with E-state index in [1.54, 1.807) is 0 Å². The van der Waals surface area contributed by atoms with Crippen molar-refractivity contribution in [2.75, 3.05) is 0 Å². The predicted octanol–water partition coefficient (Wildman–Crippen LogP) is 8.42. The first kappa shape index (κ1) is 22.7. The van der Waals surface area contributed by atoms with Crippen LogP contribution in [0.3, 0.4) is 0 Å². The summed E-state index contributed by atoms with van der Waals surface area (Å²) in [5, 5.41) is 0. The lowest BCUT2D eigenvalue weighted by atomic mass is 9.90. The van der Waals surface area contributed by atoms with E-state index in [2.05, 4.69) is 53.7 Å². The molecule has 0 fully saturated rings. The molecule has 0 N–H and O–H groups in total. The second-order valence-corrected chi connectivity index (χ2v) is 8.65. The minimum Gasteiger partial charge on any atom is -0.0917 e. The summed E-state index contributed by atoms with van der Waals surface area (Å²) in [6, 6.07) is 0. The molecule has 3 unspecified atom stereocenters. The molecule has 0 heterocycles. The van der Waals surface area contributed by atoms with Crippen LogP contribution in [-0.2, 0) is 0 Å². The van der Waals surface area contributed by atoms with Crippen molar-refractivity contribution in [2.45, 2.75) is 112 Å². The van der Waals surface area contributed by atoms with Gasteiger partial charge in [0.25, 0.3) is 0 Å². The molecule has 0 aromatic heterocycles. The van der Waals surface area contributed by atoms with E-state index in [9.17, 15) is 0 Å². The Morgan fingerprint density at radius 2 is 0.957 bits per heavy atom. The molecule has 0 heteroatoms. The Labute approximate surface area is 148 Å². The van der Waals surface area contributed by atoms with Gasteiger partial charge < -0.3 is 0 Å². The van der Waals surface area contributed by atoms with Gasteiger partial charge in [-0.15, -0.1) is 0 Å². The van der Waals surface area contributed by atoms with E-state index >= 15 is 0 Å². The van der Waals surface area contributed by atoms with Crippen molar-refractivity contribution in [1.82, 2.24) is 0 Å². The number of hydrogen-bond acceptors (Lipinski definition) is 0. The zero-order valence-electron chi connectivity index (χ0n) is 17.2. The summed E-state index contributed by atoms with van der Waals surface area (Å²) in [5.41, 5.74) is 0. The predicted molar refractivity (Wildman–Crippen MR) is 108 cm³/mol. The average Bonchev–Trinajstić information content (AvgIpc) is 2.47. The van der Waals surface area contributed by atoms with Crippen LogP contribution in [0.25, 0.3) is 0 Å². The Balaban J connectivity index is 3.50. The summed E-state index contributed by atoms with van der Waals surface area (Å²) < 4.78 is 0. The van der Waals surface area contributed by atoms with Crippen LogP contribution < -0.4 is 0 Å². The van der Waals surface area contributed by atoms with Crippen molar-refractivity contribution in [1.29, 1.82) is 0 Å². The molecular formula is C23H46. The maximum Gasteiger partial charge on any atom is -0.0348 e. The van der Waals surface area contributed by atoms with Gasteiger partial charge in [0.05, 0.1) is 0 Å². The second kappa shape index (κ2) is 15.3. The minimum absolute atomic E-state index is 0.877. The van der Waals surface area contributed by atoms with E-state index in [1.807, 2.05) is 0 Å². The Morgan fingerprint density at radius 3 is 1.35 bits per heavy atom. The van der Waals surface area contributed by atoms with Gasteiger partial charge in [-0.3, -0.25) is 0 Å². The number of allylic oxidation sites excluding steroid dienone is 2. The van der Waals surface area contributed by atoms with Crippen LogP contribution in [0.15, 0.2) is 12.2 Å². The minimum atomic E-state index is 0.877. The lowest BCUT2D eigenvalue weighted by Crippen LogP contribution is -2.01. The highest BCUT2D eigenvalue weighted by Gasteiger charge is 2.07. The van der Waals surface area contributed by atoms with Crippen molar-refractivity contribution < 1.29 is 0 Å². The first-order chi connectivity index (χ1) is 11.0. The molecule has 0 saturated heterocycles. The quantitative estimate of drug-likeness (QED) is 0.265. The highest BCUT2D eigenvalue weighted by molar-refractivity contribution is 4.77. The molecule has 0 nitrogen and oxygen atoms in total. The van der Waals surface area contributed by atoms with E-state index in [1.165, 1.54) is 70.6 Å². The summed E-state index contributed by atoms with van der Waals surface area (Å²) in [6.07, 6.45) is 20.0. The normalized spacial score (nSPS) is 16.1. The Hall–Kier alpha value is -0.260. The van der Waals surface area contributed by atoms with Gasteiger partial charge >= 0.3 is 0 Å². The highest BCUT2D eigenvalue weighted by atomic mass is 14.1. The molecule has 0 aliphatic heterocycles. The van der Waals surface area contributed by atoms with E-state index in [0.29, 0.717) is 0 Å². The van der Waals surface area contributed by atoms with E-state index in [4.69, 9.17) is 0 Å². The van der Waals surface area contributed by atoms with Gasteiger partial charge in [-0.25, -0.2) is 0 Å². The van der Waals surface area contributed by atoms with Gasteiger partial charge in [0.2, 0.25) is 0 Å². The summed E-state index contributed by atoms with van der Waals surface area (Å²) in [6.45, 7) is 14.2. The molecule has 23 heavy (non-hydrogen) atoms. The SMILES string of the molecule is C/C=C/CCC(C)CCCC(C)CCCC(C)CCCC(C)C. The largest absolute Gasteiger partial charge is 0.0917 e. The van der Waals surface area contributed by atoms with E-state index < -0.39 is 0 Å². The monoisotopic (exact) mass is 322 g/mol. The molecule has 0 aromatic rings. The smallest absolute Gasteiger partial charge is 0.0348 e. The molecule has 0 aliphatic rings. The molecule has 0 spiro atoms. The zero-order valence-corrected chi connectivity index (χ0v) is 17.2. The summed E-state index contributed by atoms with van der Waals surface area (Å²) in [5.74, 6) is 3.65. The van der Waals surface area contributed by atoms with E-state index in [-0.39, 0.29) is 0 Å². The summed E-state index contributed by atoms with van der Waals surface area (Å²) >= 11 is 0. The maximum absolute atomic E-state index is 2.47. The summed E-state index contributed by atoms with van der Waals surface area (Å²) in [4.78, 5) is 0. The van der Waals surface area contributed by atoms with Crippen LogP contribution in [-0.4, -0.2) is 0 Å². The van der Waals surface area contributed by atoms with Crippen molar-refractivity contribution >= 4 is 0 Å². The van der Waals surface area contributed by atoms with Crippen molar-refractivity contribution in [3.63, 3.8) is 0 Å². The highest BCUT2D eigenvalue weighted by Crippen LogP contribution is 2.22. The van der Waals surface area contributed by atoms with Gasteiger partial charge in [-0.1, -0.05) is 105 Å². The fourth-order valence-corrected chi connectivity index (χ4v) is 3.48. The third kappa shape index (κ3) is 16.4. The molecule has 3 atom stereocenters. The lowest BCUT2D eigenvalue weighted by Gasteiger charge is -2.16. The van der Waals surface area contributed by atoms with Gasteiger partial charge in [0.15, 0.2) is 0 Å². The molecule has 0 aromatic carbocycles. The Bertz CT molecular complexity index is 263. The summed E-state index contributed by atoms with van der Waals surface area (Å²) in [7, 11) is 0. The first-order valence-corrected chi connectivity index (χ1v) is 10.6. The molecule has 0 bridgehead atoms. The van der Waals surface area contributed by atoms with Crippen LogP contribution in [0.2, 0.25) is 0 Å². The van der Waals surface area contributed by atoms with Crippen LogP contribution in [0.4, 0.5) is 0 Å². The number of rotatable bonds is 15. The van der Waals surface area contributed by atoms with Crippen molar-refractivity contribution in [2.24, 2.45) is 23.7 Å². The maximum atomic E-state index is 2.47. The second-order valence-electron chi connectivity index (χ2n) is 8.65. The van der Waals surface area contributed by atoms with Gasteiger partial charge in [0.1, 0.15) is 0 Å².